The highest BCUT2D eigenvalue weighted by atomic mass is 79.9. The monoisotopic (exact) mass is 652 g/mol. The van der Waals surface area contributed by atoms with E-state index in [1.54, 1.807) is 12.1 Å². The van der Waals surface area contributed by atoms with Crippen LogP contribution in [0.25, 0.3) is 0 Å². The van der Waals surface area contributed by atoms with Crippen molar-refractivity contribution in [2.45, 2.75) is 35.1 Å². The van der Waals surface area contributed by atoms with Crippen molar-refractivity contribution in [3.05, 3.63) is 57.8 Å². The molecule has 12 heteroatoms. The van der Waals surface area contributed by atoms with Gasteiger partial charge in [-0.1, -0.05) is 39.7 Å². The molecule has 0 radical (unpaired) electrons. The highest BCUT2D eigenvalue weighted by Gasteiger charge is 2.76. The maximum Gasteiger partial charge on any atom is 0.254 e. The van der Waals surface area contributed by atoms with Crippen LogP contribution in [-0.4, -0.2) is 60.8 Å². The lowest BCUT2D eigenvalue weighted by molar-refractivity contribution is -0.141. The Morgan fingerprint density at radius 3 is 2.51 bits per heavy atom. The molecule has 2 saturated heterocycles. The van der Waals surface area contributed by atoms with Gasteiger partial charge in [-0.15, -0.1) is 34.5 Å². The molecule has 1 saturated carbocycles. The van der Waals surface area contributed by atoms with Crippen molar-refractivity contribution < 1.29 is 29.0 Å². The average Bonchev–Trinajstić information content (AvgIpc) is 3.56. The number of carbonyl (C=O) groups is 4. The first-order valence-corrected chi connectivity index (χ1v) is 15.1. The van der Waals surface area contributed by atoms with Gasteiger partial charge < -0.3 is 9.84 Å². The SMILES string of the molecule is COc1cccc(O)c1[C@H]1C2=CC[C@@H]3C(=O)N(Cc4cccs4)C(=O)[C@@H]3[C@@H]2C[C@@]2(Cl)C(=O)N(CBr)C(=O)[C@@]12Cl. The minimum Gasteiger partial charge on any atom is -0.508 e. The van der Waals surface area contributed by atoms with E-state index in [-0.39, 0.29) is 53.7 Å². The van der Waals surface area contributed by atoms with Crippen molar-refractivity contribution in [1.29, 1.82) is 0 Å². The molecule has 3 fully saturated rings. The molecule has 8 nitrogen and oxygen atoms in total. The summed E-state index contributed by atoms with van der Waals surface area (Å²) in [6, 6.07) is 8.38. The molecule has 6 atom stereocenters. The number of methoxy groups -OCH3 is 1. The van der Waals surface area contributed by atoms with Gasteiger partial charge in [-0.25, -0.2) is 0 Å². The Bertz CT molecular complexity index is 1450. The number of ether oxygens (including phenoxy) is 1. The summed E-state index contributed by atoms with van der Waals surface area (Å²) < 4.78 is 5.57. The minimum absolute atomic E-state index is 0.114. The molecule has 6 rings (SSSR count). The van der Waals surface area contributed by atoms with Crippen LogP contribution in [-0.2, 0) is 25.7 Å². The number of benzene rings is 1. The Hall–Kier alpha value is -2.40. The number of allylic oxidation sites excluding steroid dienone is 2. The third-order valence-corrected chi connectivity index (χ3v) is 11.3. The molecule has 4 amide bonds. The predicted molar refractivity (Wildman–Crippen MR) is 148 cm³/mol. The maximum absolute atomic E-state index is 13.9. The molecule has 2 aliphatic heterocycles. The first kappa shape index (κ1) is 26.8. The summed E-state index contributed by atoms with van der Waals surface area (Å²) in [7, 11) is 1.42. The van der Waals surface area contributed by atoms with Gasteiger partial charge in [0.1, 0.15) is 11.5 Å². The van der Waals surface area contributed by atoms with Crippen LogP contribution in [0.4, 0.5) is 0 Å². The van der Waals surface area contributed by atoms with Crippen molar-refractivity contribution in [3.8, 4) is 11.5 Å². The number of likely N-dealkylation sites (tertiary alicyclic amines) is 2. The quantitative estimate of drug-likeness (QED) is 0.222. The summed E-state index contributed by atoms with van der Waals surface area (Å²) in [5, 5.41) is 13.0. The number of phenolic OH excluding ortho intramolecular Hbond substituents is 1. The number of imide groups is 2. The second-order valence-electron chi connectivity index (χ2n) is 10.2. The van der Waals surface area contributed by atoms with Gasteiger partial charge in [-0.05, 0) is 42.3 Å². The van der Waals surface area contributed by atoms with Crippen LogP contribution in [0.2, 0.25) is 0 Å². The van der Waals surface area contributed by atoms with E-state index in [1.807, 2.05) is 23.6 Å². The summed E-state index contributed by atoms with van der Waals surface area (Å²) in [6.45, 7) is 0.168. The first-order chi connectivity index (χ1) is 18.6. The Balaban J connectivity index is 1.53. The number of halogens is 3. The van der Waals surface area contributed by atoms with Crippen molar-refractivity contribution >= 4 is 74.1 Å². The molecular formula is C27H23BrCl2N2O6S. The number of amides is 4. The fraction of sp³-hybridized carbons (Fsp3) is 0.407. The smallest absolute Gasteiger partial charge is 0.254 e. The lowest BCUT2D eigenvalue weighted by atomic mass is 9.56. The lowest BCUT2D eigenvalue weighted by Crippen LogP contribution is -2.60. The summed E-state index contributed by atoms with van der Waals surface area (Å²) in [6.07, 6.45) is 1.97. The second-order valence-corrected chi connectivity index (χ2v) is 13.0. The van der Waals surface area contributed by atoms with Crippen molar-refractivity contribution in [2.75, 3.05) is 12.6 Å². The topological polar surface area (TPSA) is 104 Å². The number of hydrogen-bond acceptors (Lipinski definition) is 7. The standard InChI is InChI=1S/C27H23BrCl2N2O6S/c1-38-18-6-2-5-17(33)20(18)21-14-7-8-15-19(23(35)31(22(15)34)11-13-4-3-9-39-13)16(14)10-26(29)24(36)32(12-28)25(37)27(21,26)30/h2-7,9,15-16,19,21,33H,8,10-12H2,1H3/t15-,16+,19-,21+,26+,27-/m0/s1. The highest BCUT2D eigenvalue weighted by molar-refractivity contribution is 9.09. The van der Waals surface area contributed by atoms with Gasteiger partial charge in [0.05, 0.1) is 30.9 Å². The Labute approximate surface area is 246 Å². The van der Waals surface area contributed by atoms with Gasteiger partial charge in [0.2, 0.25) is 11.8 Å². The fourth-order valence-electron chi connectivity index (χ4n) is 6.85. The molecule has 1 aromatic heterocycles. The fourth-order valence-corrected chi connectivity index (χ4v) is 8.95. The third-order valence-electron chi connectivity index (χ3n) is 8.55. The largest absolute Gasteiger partial charge is 0.508 e. The molecule has 39 heavy (non-hydrogen) atoms. The van der Waals surface area contributed by atoms with E-state index in [2.05, 4.69) is 15.9 Å². The number of nitrogens with zero attached hydrogens (tertiary/aromatic N) is 2. The number of hydrogen-bond donors (Lipinski definition) is 1. The zero-order chi connectivity index (χ0) is 27.9. The van der Waals surface area contributed by atoms with E-state index in [0.717, 1.165) is 9.78 Å². The van der Waals surface area contributed by atoms with Crippen LogP contribution < -0.4 is 4.74 Å². The average molecular weight is 654 g/mol. The molecule has 0 unspecified atom stereocenters. The van der Waals surface area contributed by atoms with Crippen LogP contribution in [0.5, 0.6) is 11.5 Å². The molecule has 1 N–H and O–H groups in total. The van der Waals surface area contributed by atoms with Crippen LogP contribution in [0.15, 0.2) is 47.4 Å². The number of fused-ring (bicyclic) bond motifs is 4. The summed E-state index contributed by atoms with van der Waals surface area (Å²) in [5.41, 5.74) is 0.679. The van der Waals surface area contributed by atoms with Crippen LogP contribution >= 0.6 is 50.5 Å². The summed E-state index contributed by atoms with van der Waals surface area (Å²) >= 11 is 19.1. The van der Waals surface area contributed by atoms with E-state index in [4.69, 9.17) is 27.9 Å². The molecule has 0 bridgehead atoms. The Kier molecular flexibility index (Phi) is 6.41. The van der Waals surface area contributed by atoms with Gasteiger partial charge in [0.15, 0.2) is 9.75 Å². The molecular weight excluding hydrogens is 631 g/mol. The molecule has 1 aromatic carbocycles. The van der Waals surface area contributed by atoms with Gasteiger partial charge in [-0.3, -0.25) is 29.0 Å². The number of aromatic hydroxyl groups is 1. The normalized spacial score (nSPS) is 33.7. The maximum atomic E-state index is 13.9. The molecule has 2 aliphatic carbocycles. The van der Waals surface area contributed by atoms with E-state index < -0.39 is 45.2 Å². The molecule has 3 heterocycles. The van der Waals surface area contributed by atoms with E-state index in [0.29, 0.717) is 5.57 Å². The van der Waals surface area contributed by atoms with Crippen molar-refractivity contribution in [1.82, 2.24) is 9.80 Å². The predicted octanol–water partition coefficient (Wildman–Crippen LogP) is 4.37. The van der Waals surface area contributed by atoms with Crippen LogP contribution in [0.3, 0.4) is 0 Å². The molecule has 204 valence electrons. The van der Waals surface area contributed by atoms with Crippen molar-refractivity contribution in [3.63, 3.8) is 0 Å². The Morgan fingerprint density at radius 2 is 1.85 bits per heavy atom. The molecule has 4 aliphatic rings. The number of carbonyl (C=O) groups excluding carboxylic acids is 4. The second kappa shape index (κ2) is 9.33. The van der Waals surface area contributed by atoms with Crippen LogP contribution in [0, 0.1) is 17.8 Å². The van der Waals surface area contributed by atoms with Gasteiger partial charge >= 0.3 is 0 Å². The zero-order valence-electron chi connectivity index (χ0n) is 20.6. The van der Waals surface area contributed by atoms with Gasteiger partial charge in [-0.2, -0.15) is 0 Å². The van der Waals surface area contributed by atoms with Gasteiger partial charge in [0, 0.05) is 16.4 Å². The van der Waals surface area contributed by atoms with E-state index in [1.165, 1.54) is 29.4 Å². The number of alkyl halides is 3. The van der Waals surface area contributed by atoms with Crippen LogP contribution in [0.1, 0.15) is 29.2 Å². The molecule has 2 aromatic rings. The van der Waals surface area contributed by atoms with Gasteiger partial charge in [0.25, 0.3) is 11.8 Å². The lowest BCUT2D eigenvalue weighted by Gasteiger charge is -2.51. The number of rotatable bonds is 5. The number of phenols is 1. The minimum atomic E-state index is -2.01. The Morgan fingerprint density at radius 1 is 1.08 bits per heavy atom. The van der Waals surface area contributed by atoms with Crippen molar-refractivity contribution in [2.24, 2.45) is 17.8 Å². The highest BCUT2D eigenvalue weighted by Crippen LogP contribution is 2.67. The summed E-state index contributed by atoms with van der Waals surface area (Å²) in [5.74, 6) is -5.10. The summed E-state index contributed by atoms with van der Waals surface area (Å²) in [4.78, 5) is 54.0. The first-order valence-electron chi connectivity index (χ1n) is 12.3. The third kappa shape index (κ3) is 3.47. The van der Waals surface area contributed by atoms with E-state index in [9.17, 15) is 24.3 Å². The zero-order valence-corrected chi connectivity index (χ0v) is 24.5. The number of thiophene rings is 1. The van der Waals surface area contributed by atoms with E-state index >= 15 is 0 Å². The molecule has 0 spiro atoms.